The molecule has 1 aromatic heterocycles. The number of ether oxygens (including phenoxy) is 3. The van der Waals surface area contributed by atoms with Crippen molar-refractivity contribution in [3.8, 4) is 11.5 Å². The van der Waals surface area contributed by atoms with Crippen molar-refractivity contribution < 1.29 is 23.8 Å². The zero-order valence-corrected chi connectivity index (χ0v) is 18.0. The van der Waals surface area contributed by atoms with Crippen LogP contribution in [0.4, 0.5) is 5.69 Å². The average molecular weight is 424 g/mol. The SMILES string of the molecule is Cc1cc(C(=O)OCC(=O)Nc2ccc3c(c2)OC2(CCCCC2)O3)c(C)n1C1CC1. The Bertz CT molecular complexity index is 1030. The molecule has 2 aromatic rings. The zero-order valence-electron chi connectivity index (χ0n) is 18.0. The first-order valence-corrected chi connectivity index (χ1v) is 11.1. The maximum absolute atomic E-state index is 12.5. The third-order valence-corrected chi connectivity index (χ3v) is 6.39. The van der Waals surface area contributed by atoms with Crippen LogP contribution in [0.2, 0.25) is 0 Å². The van der Waals surface area contributed by atoms with Crippen LogP contribution in [0.5, 0.6) is 11.5 Å². The van der Waals surface area contributed by atoms with Gasteiger partial charge in [0.1, 0.15) is 0 Å². The average Bonchev–Trinajstić information content (AvgIpc) is 3.45. The Morgan fingerprint density at radius 1 is 1.10 bits per heavy atom. The Labute approximate surface area is 181 Å². The summed E-state index contributed by atoms with van der Waals surface area (Å²) < 4.78 is 19.6. The van der Waals surface area contributed by atoms with Gasteiger partial charge in [0.05, 0.1) is 5.56 Å². The van der Waals surface area contributed by atoms with E-state index in [1.807, 2.05) is 26.0 Å². The van der Waals surface area contributed by atoms with Gasteiger partial charge in [0.15, 0.2) is 18.1 Å². The van der Waals surface area contributed by atoms with E-state index < -0.39 is 17.7 Å². The molecule has 1 aromatic carbocycles. The van der Waals surface area contributed by atoms with E-state index in [1.165, 1.54) is 6.42 Å². The molecule has 1 N–H and O–H groups in total. The third-order valence-electron chi connectivity index (χ3n) is 6.39. The number of amides is 1. The van der Waals surface area contributed by atoms with Crippen molar-refractivity contribution >= 4 is 17.6 Å². The lowest BCUT2D eigenvalue weighted by Crippen LogP contribution is -2.40. The summed E-state index contributed by atoms with van der Waals surface area (Å²) in [5.41, 5.74) is 3.06. The number of rotatable bonds is 5. The Morgan fingerprint density at radius 2 is 1.84 bits per heavy atom. The molecule has 2 heterocycles. The van der Waals surface area contributed by atoms with Crippen molar-refractivity contribution in [2.75, 3.05) is 11.9 Å². The molecule has 0 unspecified atom stereocenters. The smallest absolute Gasteiger partial charge is 0.340 e. The molecular weight excluding hydrogens is 396 g/mol. The van der Waals surface area contributed by atoms with Crippen LogP contribution < -0.4 is 14.8 Å². The van der Waals surface area contributed by atoms with Gasteiger partial charge in [-0.25, -0.2) is 4.79 Å². The quantitative estimate of drug-likeness (QED) is 0.706. The maximum atomic E-state index is 12.5. The van der Waals surface area contributed by atoms with E-state index >= 15 is 0 Å². The van der Waals surface area contributed by atoms with Crippen molar-refractivity contribution in [3.63, 3.8) is 0 Å². The highest BCUT2D eigenvalue weighted by molar-refractivity contribution is 5.96. The first kappa shape index (κ1) is 20.0. The molecule has 5 rings (SSSR count). The lowest BCUT2D eigenvalue weighted by atomic mass is 9.94. The predicted octanol–water partition coefficient (Wildman–Crippen LogP) is 4.67. The van der Waals surface area contributed by atoms with Gasteiger partial charge < -0.3 is 24.1 Å². The number of hydrogen-bond acceptors (Lipinski definition) is 5. The van der Waals surface area contributed by atoms with E-state index in [0.717, 1.165) is 49.9 Å². The summed E-state index contributed by atoms with van der Waals surface area (Å²) in [6, 6.07) is 7.68. The number of fused-ring (bicyclic) bond motifs is 1. The molecule has 31 heavy (non-hydrogen) atoms. The van der Waals surface area contributed by atoms with Gasteiger partial charge in [-0.1, -0.05) is 6.42 Å². The van der Waals surface area contributed by atoms with Crippen LogP contribution in [0.3, 0.4) is 0 Å². The maximum Gasteiger partial charge on any atom is 0.340 e. The van der Waals surface area contributed by atoms with E-state index in [0.29, 0.717) is 28.8 Å². The normalized spacial score (nSPS) is 18.8. The van der Waals surface area contributed by atoms with Crippen LogP contribution in [0.25, 0.3) is 0 Å². The summed E-state index contributed by atoms with van der Waals surface area (Å²) in [4.78, 5) is 24.9. The van der Waals surface area contributed by atoms with Crippen molar-refractivity contribution in [1.29, 1.82) is 0 Å². The zero-order chi connectivity index (χ0) is 21.6. The molecule has 0 atom stereocenters. The lowest BCUT2D eigenvalue weighted by Gasteiger charge is -2.31. The Kier molecular flexibility index (Phi) is 4.91. The summed E-state index contributed by atoms with van der Waals surface area (Å²) in [5, 5.41) is 2.77. The molecule has 2 saturated carbocycles. The molecule has 0 bridgehead atoms. The van der Waals surface area contributed by atoms with Gasteiger partial charge in [0.25, 0.3) is 11.7 Å². The summed E-state index contributed by atoms with van der Waals surface area (Å²) in [5.74, 6) is -0.0664. The number of anilines is 1. The Hall–Kier alpha value is -2.96. The minimum absolute atomic E-state index is 0.343. The van der Waals surface area contributed by atoms with Gasteiger partial charge in [-0.2, -0.15) is 0 Å². The van der Waals surface area contributed by atoms with Crippen molar-refractivity contribution in [2.45, 2.75) is 70.6 Å². The minimum atomic E-state index is -0.550. The Balaban J connectivity index is 1.18. The predicted molar refractivity (Wildman–Crippen MR) is 115 cm³/mol. The molecule has 1 spiro atoms. The molecule has 7 heteroatoms. The van der Waals surface area contributed by atoms with Crippen LogP contribution in [0.15, 0.2) is 24.3 Å². The van der Waals surface area contributed by atoms with Crippen molar-refractivity contribution in [3.05, 3.63) is 41.2 Å². The molecule has 2 aliphatic carbocycles. The number of carbonyl (C=O) groups excluding carboxylic acids is 2. The van der Waals surface area contributed by atoms with Gasteiger partial charge in [0, 0.05) is 42.0 Å². The first-order valence-electron chi connectivity index (χ1n) is 11.1. The molecule has 1 aliphatic heterocycles. The molecular formula is C24H28N2O5. The summed E-state index contributed by atoms with van der Waals surface area (Å²) in [7, 11) is 0. The number of nitrogens with zero attached hydrogens (tertiary/aromatic N) is 1. The van der Waals surface area contributed by atoms with Crippen LogP contribution in [-0.2, 0) is 9.53 Å². The summed E-state index contributed by atoms with van der Waals surface area (Å²) in [6.07, 6.45) is 7.42. The second-order valence-electron chi connectivity index (χ2n) is 8.85. The van der Waals surface area contributed by atoms with Crippen LogP contribution in [-0.4, -0.2) is 28.8 Å². The number of nitrogens with one attached hydrogen (secondary N) is 1. The van der Waals surface area contributed by atoms with E-state index in [1.54, 1.807) is 12.1 Å². The minimum Gasteiger partial charge on any atom is -0.452 e. The van der Waals surface area contributed by atoms with Gasteiger partial charge in [-0.15, -0.1) is 0 Å². The molecule has 3 aliphatic rings. The highest BCUT2D eigenvalue weighted by Gasteiger charge is 2.42. The third kappa shape index (κ3) is 3.89. The molecule has 2 fully saturated rings. The highest BCUT2D eigenvalue weighted by atomic mass is 16.7. The number of benzene rings is 1. The molecule has 164 valence electrons. The highest BCUT2D eigenvalue weighted by Crippen LogP contribution is 2.46. The fourth-order valence-electron chi connectivity index (χ4n) is 4.75. The molecule has 0 saturated heterocycles. The lowest BCUT2D eigenvalue weighted by molar-refractivity contribution is -0.119. The number of esters is 1. The molecule has 1 amide bonds. The molecule has 7 nitrogen and oxygen atoms in total. The van der Waals surface area contributed by atoms with E-state index in [9.17, 15) is 9.59 Å². The van der Waals surface area contributed by atoms with Crippen LogP contribution >= 0.6 is 0 Å². The van der Waals surface area contributed by atoms with Crippen molar-refractivity contribution in [2.24, 2.45) is 0 Å². The van der Waals surface area contributed by atoms with E-state index in [2.05, 4.69) is 9.88 Å². The van der Waals surface area contributed by atoms with E-state index in [-0.39, 0.29) is 6.61 Å². The number of hydrogen-bond donors (Lipinski definition) is 1. The fraction of sp³-hybridized carbons (Fsp3) is 0.500. The second kappa shape index (κ2) is 7.62. The topological polar surface area (TPSA) is 78.8 Å². The van der Waals surface area contributed by atoms with Crippen LogP contribution in [0, 0.1) is 13.8 Å². The number of aromatic nitrogens is 1. The molecule has 0 radical (unpaired) electrons. The Morgan fingerprint density at radius 3 is 2.58 bits per heavy atom. The van der Waals surface area contributed by atoms with Gasteiger partial charge in [-0.3, -0.25) is 4.79 Å². The van der Waals surface area contributed by atoms with Gasteiger partial charge in [0.2, 0.25) is 0 Å². The van der Waals surface area contributed by atoms with Crippen molar-refractivity contribution in [1.82, 2.24) is 4.57 Å². The standard InChI is InChI=1S/C24H28N2O5/c1-15-12-19(16(2)26(15)18-7-8-18)23(28)29-14-22(27)25-17-6-9-20-21(13-17)31-24(30-20)10-4-3-5-11-24/h6,9,12-13,18H,3-5,7-8,10-11,14H2,1-2H3,(H,25,27). The summed E-state index contributed by atoms with van der Waals surface area (Å²) in [6.45, 7) is 3.57. The van der Waals surface area contributed by atoms with Gasteiger partial charge >= 0.3 is 5.97 Å². The summed E-state index contributed by atoms with van der Waals surface area (Å²) >= 11 is 0. The number of aryl methyl sites for hydroxylation is 1. The monoisotopic (exact) mass is 424 g/mol. The second-order valence-corrected chi connectivity index (χ2v) is 8.85. The fourth-order valence-corrected chi connectivity index (χ4v) is 4.75. The first-order chi connectivity index (χ1) is 14.9. The number of carbonyl (C=O) groups is 2. The van der Waals surface area contributed by atoms with E-state index in [4.69, 9.17) is 14.2 Å². The van der Waals surface area contributed by atoms with Gasteiger partial charge in [-0.05, 0) is 57.7 Å². The largest absolute Gasteiger partial charge is 0.452 e. The van der Waals surface area contributed by atoms with Crippen LogP contribution in [0.1, 0.15) is 72.7 Å².